The van der Waals surface area contributed by atoms with Gasteiger partial charge >= 0.3 is 12.0 Å². The number of amides is 6. The average molecular weight is 1120 g/mol. The van der Waals surface area contributed by atoms with E-state index in [1.807, 2.05) is 37.8 Å². The first-order valence-electron chi connectivity index (χ1n) is 27.0. The molecule has 4 fully saturated rings. The molecule has 5 N–H and O–H groups in total. The summed E-state index contributed by atoms with van der Waals surface area (Å²) in [6.07, 6.45) is 7.46. The van der Waals surface area contributed by atoms with Crippen molar-refractivity contribution in [2.24, 2.45) is 39.2 Å². The van der Waals surface area contributed by atoms with Crippen LogP contribution in [-0.4, -0.2) is 186 Å². The number of hydrogen-bond acceptors (Lipinski definition) is 19. The smallest absolute Gasteiger partial charge is 0.358 e. The lowest BCUT2D eigenvalue weighted by molar-refractivity contribution is -0.202. The molecule has 8 unspecified atom stereocenters. The Morgan fingerprint density at radius 1 is 0.861 bits per heavy atom. The quantitative estimate of drug-likeness (QED) is 0.00935. The second kappa shape index (κ2) is 30.5. The molecule has 8 atom stereocenters. The number of aliphatic hydroxyl groups excluding tert-OH is 1. The van der Waals surface area contributed by atoms with Gasteiger partial charge in [-0.25, -0.2) is 9.59 Å². The average Bonchev–Trinajstić information content (AvgIpc) is 4.34. The number of ketones is 1. The van der Waals surface area contributed by atoms with Crippen LogP contribution in [0.15, 0.2) is 57.9 Å². The number of urea groups is 1. The fourth-order valence-corrected chi connectivity index (χ4v) is 12.0. The highest BCUT2D eigenvalue weighted by Crippen LogP contribution is 2.52. The molecule has 0 radical (unpaired) electrons. The zero-order valence-electron chi connectivity index (χ0n) is 44.8. The minimum Gasteiger partial charge on any atom is -0.511 e. The molecular formula is C53H73N9O16S. The largest absolute Gasteiger partial charge is 0.511 e. The number of hydroxylamine groups is 2. The molecular weight excluding hydrogens is 1050 g/mol. The highest BCUT2D eigenvalue weighted by molar-refractivity contribution is 8.00. The van der Waals surface area contributed by atoms with E-state index < -0.39 is 53.8 Å². The highest BCUT2D eigenvalue weighted by Gasteiger charge is 2.61. The number of allylic oxidation sites excluding steroid dienone is 4. The molecule has 6 amide bonds. The first-order chi connectivity index (χ1) is 38.2. The molecule has 2 bridgehead atoms. The van der Waals surface area contributed by atoms with E-state index in [0.29, 0.717) is 75.1 Å². The molecule has 0 aromatic heterocycles. The minimum atomic E-state index is -1.10. The third kappa shape index (κ3) is 17.9. The summed E-state index contributed by atoms with van der Waals surface area (Å²) >= 11 is 1.88. The van der Waals surface area contributed by atoms with Crippen molar-refractivity contribution >= 4 is 58.9 Å². The molecule has 3 saturated heterocycles. The van der Waals surface area contributed by atoms with Crippen LogP contribution in [0.5, 0.6) is 5.75 Å². The molecule has 1 aromatic rings. The van der Waals surface area contributed by atoms with Crippen LogP contribution in [0.2, 0.25) is 0 Å². The molecule has 3 heterocycles. The van der Waals surface area contributed by atoms with E-state index in [1.165, 1.54) is 6.07 Å². The van der Waals surface area contributed by atoms with Crippen LogP contribution < -0.4 is 26.0 Å². The number of Topliss-reactive ketones (excluding diaryl/α,β-unsaturated/α-hetero) is 1. The summed E-state index contributed by atoms with van der Waals surface area (Å²) in [5.74, 6) is -2.51. The monoisotopic (exact) mass is 1120 g/mol. The van der Waals surface area contributed by atoms with Gasteiger partial charge in [-0.15, -0.1) is 5.06 Å². The Bertz CT molecular complexity index is 2440. The fraction of sp³-hybridized carbons (Fsp3) is 0.660. The second-order valence-electron chi connectivity index (χ2n) is 20.6. The van der Waals surface area contributed by atoms with E-state index in [9.17, 15) is 38.7 Å². The number of ether oxygens (including phenoxy) is 7. The Morgan fingerprint density at radius 2 is 1.56 bits per heavy atom. The van der Waals surface area contributed by atoms with E-state index in [1.54, 1.807) is 18.2 Å². The van der Waals surface area contributed by atoms with Gasteiger partial charge in [0.2, 0.25) is 5.91 Å². The summed E-state index contributed by atoms with van der Waals surface area (Å²) in [4.78, 5) is 101. The second-order valence-corrected chi connectivity index (χ2v) is 21.9. The number of imide groups is 1. The number of rotatable bonds is 36. The van der Waals surface area contributed by atoms with Crippen molar-refractivity contribution in [2.45, 2.75) is 88.8 Å². The first-order valence-corrected chi connectivity index (χ1v) is 28.0. The number of aliphatic imine (C=N–C) groups is 1. The molecule has 26 heteroatoms. The van der Waals surface area contributed by atoms with Gasteiger partial charge in [0, 0.05) is 60.3 Å². The van der Waals surface area contributed by atoms with Crippen molar-refractivity contribution in [1.29, 1.82) is 0 Å². The predicted molar refractivity (Wildman–Crippen MR) is 284 cm³/mol. The van der Waals surface area contributed by atoms with Gasteiger partial charge in [-0.2, -0.15) is 11.8 Å². The van der Waals surface area contributed by atoms with Crippen molar-refractivity contribution in [1.82, 2.24) is 26.3 Å². The molecule has 1 aromatic carbocycles. The maximum absolute atomic E-state index is 13.3. The van der Waals surface area contributed by atoms with Gasteiger partial charge in [0.25, 0.3) is 17.7 Å². The summed E-state index contributed by atoms with van der Waals surface area (Å²) in [5, 5.41) is 27.1. The van der Waals surface area contributed by atoms with Crippen molar-refractivity contribution in [3.8, 4) is 5.75 Å². The van der Waals surface area contributed by atoms with Crippen LogP contribution in [0.25, 0.3) is 10.4 Å². The lowest BCUT2D eigenvalue weighted by Crippen LogP contribution is -2.36. The van der Waals surface area contributed by atoms with Gasteiger partial charge in [0.05, 0.1) is 108 Å². The van der Waals surface area contributed by atoms with Crippen LogP contribution in [0.4, 0.5) is 4.79 Å². The van der Waals surface area contributed by atoms with E-state index in [4.69, 9.17) is 43.5 Å². The van der Waals surface area contributed by atoms with Gasteiger partial charge in [-0.05, 0) is 60.2 Å². The Hall–Kier alpha value is -6.12. The number of benzene rings is 1. The number of thioether (sulfide) groups is 1. The first kappa shape index (κ1) is 60.5. The Kier molecular flexibility index (Phi) is 23.3. The molecule has 0 spiro atoms. The van der Waals surface area contributed by atoms with Crippen molar-refractivity contribution in [3.05, 3.63) is 63.8 Å². The Labute approximate surface area is 462 Å². The number of carbonyl (C=O) groups is 7. The lowest BCUT2D eigenvalue weighted by atomic mass is 9.75. The predicted octanol–water partition coefficient (Wildman–Crippen LogP) is 3.67. The van der Waals surface area contributed by atoms with Crippen molar-refractivity contribution in [2.75, 3.05) is 105 Å². The summed E-state index contributed by atoms with van der Waals surface area (Å²) in [6, 6.07) is 6.59. The number of hydrogen-bond donors (Lipinski definition) is 5. The zero-order valence-corrected chi connectivity index (χ0v) is 45.6. The normalized spacial score (nSPS) is 24.0. The third-order valence-corrected chi connectivity index (χ3v) is 15.6. The standard InChI is InChI=1S/C53H73N9O16S/c1-53(2)28-39(63)47(40(64)29-53)37(12-16-71-18-20-73-22-23-74-21-19-72-17-15-56-42(65)9-4-3-8-41-48-38(32-79-41)58-52(70)59-48)55-13-14-57-49(67)35-6-5-7-36(27-35)77-30-43(60-61-54)76-25-24-75-31-44(66)78-62-50(68)45-33-10-11-34(26-33)46(45)51(62)69/h5-7,10-11,27,33-34,38,41,43,45-46,48,63H,3-4,8-9,12-26,28-32H2,1-2H3,(H,56,65)(H,57,67)(H2,58,59,70). The van der Waals surface area contributed by atoms with Gasteiger partial charge in [0.15, 0.2) is 12.0 Å². The van der Waals surface area contributed by atoms with E-state index in [2.05, 4.69) is 36.3 Å². The molecule has 1 saturated carbocycles. The third-order valence-electron chi connectivity index (χ3n) is 14.1. The highest BCUT2D eigenvalue weighted by atomic mass is 32.2. The number of fused-ring (bicyclic) bond motifs is 6. The number of nitrogens with one attached hydrogen (secondary N) is 4. The summed E-state index contributed by atoms with van der Waals surface area (Å²) in [7, 11) is 0. The number of nitrogens with zero attached hydrogens (tertiary/aromatic N) is 5. The fourth-order valence-electron chi connectivity index (χ4n) is 10.5. The topological polar surface area (TPSA) is 326 Å². The lowest BCUT2D eigenvalue weighted by Gasteiger charge is -2.30. The van der Waals surface area contributed by atoms with Crippen molar-refractivity contribution in [3.63, 3.8) is 0 Å². The van der Waals surface area contributed by atoms with Gasteiger partial charge in [0.1, 0.15) is 24.7 Å². The summed E-state index contributed by atoms with van der Waals surface area (Å²) in [5.41, 5.74) is 9.50. The molecule has 7 rings (SSSR count). The SMILES string of the molecule is CC1(C)CC(=O)C(C(CCOCCOCCOCCOCCNC(=O)CCCCC2SCC3NC(=O)NC32)=NCCNC(=O)c2cccc(OCC(N=[N+]=[N-])OCCOCC(=O)ON3C(=O)C4C5C=CC(C5)C4C3=O)c2)=C(O)C1. The number of unbranched alkanes of at least 4 members (excludes halogenated alkanes) is 1. The Balaban J connectivity index is 0.719. The number of azide groups is 1. The van der Waals surface area contributed by atoms with Gasteiger partial charge in [-0.3, -0.25) is 29.0 Å². The maximum atomic E-state index is 13.3. The number of carbonyl (C=O) groups excluding carboxylic acids is 7. The molecule has 3 aliphatic heterocycles. The summed E-state index contributed by atoms with van der Waals surface area (Å²) in [6.45, 7) is 6.03. The summed E-state index contributed by atoms with van der Waals surface area (Å²) < 4.78 is 39.1. The van der Waals surface area contributed by atoms with Crippen LogP contribution >= 0.6 is 11.8 Å². The van der Waals surface area contributed by atoms with Gasteiger partial charge in [-0.1, -0.05) is 43.6 Å². The van der Waals surface area contributed by atoms with Crippen LogP contribution in [0, 0.1) is 29.1 Å². The van der Waals surface area contributed by atoms with Crippen LogP contribution in [0.3, 0.4) is 0 Å². The maximum Gasteiger partial charge on any atom is 0.358 e. The zero-order chi connectivity index (χ0) is 56.2. The van der Waals surface area contributed by atoms with E-state index in [-0.39, 0.29) is 123 Å². The van der Waals surface area contributed by atoms with Crippen molar-refractivity contribution < 1.29 is 76.7 Å². The number of aliphatic hydroxyl groups is 1. The molecule has 3 aliphatic carbocycles. The van der Waals surface area contributed by atoms with Gasteiger partial charge < -0.3 is 64.4 Å². The van der Waals surface area contributed by atoms with E-state index >= 15 is 0 Å². The van der Waals surface area contributed by atoms with E-state index in [0.717, 1.165) is 31.4 Å². The molecule has 6 aliphatic rings. The van der Waals surface area contributed by atoms with Crippen LogP contribution in [0.1, 0.15) is 75.6 Å². The Morgan fingerprint density at radius 3 is 2.27 bits per heavy atom. The van der Waals surface area contributed by atoms with Crippen LogP contribution in [-0.2, 0) is 57.2 Å². The minimum absolute atomic E-state index is 0.00332. The molecule has 79 heavy (non-hydrogen) atoms. The molecule has 432 valence electrons. The molecule has 25 nitrogen and oxygen atoms in total.